The van der Waals surface area contributed by atoms with Crippen LogP contribution in [0.1, 0.15) is 12.8 Å². The summed E-state index contributed by atoms with van der Waals surface area (Å²) in [5.41, 5.74) is 0.878. The fraction of sp³-hybridized carbons (Fsp3) is 0.174. The minimum atomic E-state index is -3.82. The Balaban J connectivity index is 1.36. The number of nitrogens with zero attached hydrogens (tertiary/aromatic N) is 3. The van der Waals surface area contributed by atoms with Crippen LogP contribution in [0.5, 0.6) is 0 Å². The maximum absolute atomic E-state index is 13.4. The van der Waals surface area contributed by atoms with Crippen molar-refractivity contribution in [1.82, 2.24) is 14.5 Å². The zero-order chi connectivity index (χ0) is 23.0. The molecule has 0 aliphatic carbocycles. The number of amides is 1. The van der Waals surface area contributed by atoms with Gasteiger partial charge in [0.05, 0.1) is 4.90 Å². The molecule has 4 aromatic rings. The molecule has 3 aromatic carbocycles. The number of fused-ring (bicyclic) bond motifs is 1. The lowest BCUT2D eigenvalue weighted by atomic mass is 10.1. The number of benzene rings is 3. The summed E-state index contributed by atoms with van der Waals surface area (Å²) in [6, 6.07) is 19.5. The Hall–Kier alpha value is -2.66. The van der Waals surface area contributed by atoms with E-state index in [-0.39, 0.29) is 4.90 Å². The van der Waals surface area contributed by atoms with Crippen LogP contribution in [0.4, 0.5) is 5.13 Å². The van der Waals surface area contributed by atoms with Crippen LogP contribution in [0, 0.1) is 0 Å². The lowest BCUT2D eigenvalue weighted by Gasteiger charge is -2.23. The van der Waals surface area contributed by atoms with Gasteiger partial charge >= 0.3 is 0 Å². The minimum Gasteiger partial charge on any atom is -0.299 e. The lowest BCUT2D eigenvalue weighted by Crippen LogP contribution is -2.43. The standard InChI is InChI=1S/C23H19BrN4O3S2/c24-18-8-3-7-17(13-18)22-26-27-23(32-22)25-21(29)20-9-4-12-28(20)33(30,31)19-11-10-15-5-1-2-6-16(15)14-19/h1-3,5-8,10-11,13-14,20H,4,9,12H2,(H,25,27,29)/t20-/m1/s1. The molecule has 33 heavy (non-hydrogen) atoms. The van der Waals surface area contributed by atoms with Gasteiger partial charge in [-0.25, -0.2) is 8.42 Å². The number of carbonyl (C=O) groups is 1. The molecule has 1 saturated heterocycles. The molecule has 1 N–H and O–H groups in total. The molecule has 1 amide bonds. The average molecular weight is 543 g/mol. The van der Waals surface area contributed by atoms with Crippen LogP contribution in [-0.4, -0.2) is 41.4 Å². The third-order valence-electron chi connectivity index (χ3n) is 5.56. The van der Waals surface area contributed by atoms with Crippen LogP contribution >= 0.6 is 27.3 Å². The minimum absolute atomic E-state index is 0.189. The summed E-state index contributed by atoms with van der Waals surface area (Å²) in [6.45, 7) is 0.298. The molecule has 10 heteroatoms. The molecule has 1 aliphatic heterocycles. The van der Waals surface area contributed by atoms with E-state index in [9.17, 15) is 13.2 Å². The molecule has 0 unspecified atom stereocenters. The van der Waals surface area contributed by atoms with Gasteiger partial charge in [0.2, 0.25) is 21.1 Å². The van der Waals surface area contributed by atoms with Gasteiger partial charge in [0.15, 0.2) is 0 Å². The zero-order valence-electron chi connectivity index (χ0n) is 17.3. The van der Waals surface area contributed by atoms with Crippen molar-refractivity contribution in [1.29, 1.82) is 0 Å². The van der Waals surface area contributed by atoms with Crippen molar-refractivity contribution in [2.45, 2.75) is 23.8 Å². The maximum atomic E-state index is 13.4. The smallest absolute Gasteiger partial charge is 0.244 e. The first-order valence-electron chi connectivity index (χ1n) is 10.3. The molecule has 1 atom stereocenters. The number of hydrogen-bond acceptors (Lipinski definition) is 6. The highest BCUT2D eigenvalue weighted by atomic mass is 79.9. The number of hydrogen-bond donors (Lipinski definition) is 1. The number of rotatable bonds is 5. The average Bonchev–Trinajstić information content (AvgIpc) is 3.49. The molecule has 5 rings (SSSR count). The molecule has 0 bridgehead atoms. The predicted molar refractivity (Wildman–Crippen MR) is 133 cm³/mol. The molecular weight excluding hydrogens is 524 g/mol. The van der Waals surface area contributed by atoms with E-state index in [1.54, 1.807) is 18.2 Å². The molecular formula is C23H19BrN4O3S2. The summed E-state index contributed by atoms with van der Waals surface area (Å²) in [7, 11) is -3.82. The Morgan fingerprint density at radius 3 is 2.67 bits per heavy atom. The van der Waals surface area contributed by atoms with E-state index in [4.69, 9.17) is 0 Å². The van der Waals surface area contributed by atoms with Crippen molar-refractivity contribution in [3.8, 4) is 10.6 Å². The van der Waals surface area contributed by atoms with Crippen molar-refractivity contribution in [3.05, 3.63) is 71.2 Å². The summed E-state index contributed by atoms with van der Waals surface area (Å²) >= 11 is 4.68. The van der Waals surface area contributed by atoms with E-state index in [0.717, 1.165) is 20.8 Å². The van der Waals surface area contributed by atoms with E-state index in [0.29, 0.717) is 29.5 Å². The van der Waals surface area contributed by atoms with E-state index in [1.165, 1.54) is 15.6 Å². The van der Waals surface area contributed by atoms with E-state index in [1.807, 2.05) is 48.5 Å². The van der Waals surface area contributed by atoms with Crippen molar-refractivity contribution in [3.63, 3.8) is 0 Å². The molecule has 1 aliphatic rings. The summed E-state index contributed by atoms with van der Waals surface area (Å²) in [4.78, 5) is 13.2. The normalized spacial score (nSPS) is 16.8. The summed E-state index contributed by atoms with van der Waals surface area (Å²) < 4.78 is 29.0. The summed E-state index contributed by atoms with van der Waals surface area (Å²) in [5, 5.41) is 13.8. The molecule has 0 radical (unpaired) electrons. The third kappa shape index (κ3) is 4.43. The molecule has 168 valence electrons. The first-order chi connectivity index (χ1) is 15.9. The molecule has 7 nitrogen and oxygen atoms in total. The van der Waals surface area contributed by atoms with Crippen molar-refractivity contribution in [2.24, 2.45) is 0 Å². The molecule has 0 spiro atoms. The van der Waals surface area contributed by atoms with Crippen LogP contribution in [0.2, 0.25) is 0 Å². The van der Waals surface area contributed by atoms with Crippen LogP contribution in [-0.2, 0) is 14.8 Å². The SMILES string of the molecule is O=C(Nc1nnc(-c2cccc(Br)c2)s1)[C@H]1CCCN1S(=O)(=O)c1ccc2ccccc2c1. The van der Waals surface area contributed by atoms with Crippen molar-refractivity contribution < 1.29 is 13.2 Å². The highest BCUT2D eigenvalue weighted by Crippen LogP contribution is 2.31. The maximum Gasteiger partial charge on any atom is 0.244 e. The van der Waals surface area contributed by atoms with Crippen LogP contribution < -0.4 is 5.32 Å². The van der Waals surface area contributed by atoms with Crippen LogP contribution in [0.3, 0.4) is 0 Å². The van der Waals surface area contributed by atoms with Gasteiger partial charge in [-0.2, -0.15) is 4.31 Å². The van der Waals surface area contributed by atoms with Gasteiger partial charge in [0.1, 0.15) is 11.0 Å². The fourth-order valence-electron chi connectivity index (χ4n) is 3.95. The zero-order valence-corrected chi connectivity index (χ0v) is 20.5. The Morgan fingerprint density at radius 1 is 1.03 bits per heavy atom. The molecule has 1 aromatic heterocycles. The van der Waals surface area contributed by atoms with Gasteiger partial charge in [-0.3, -0.25) is 10.1 Å². The highest BCUT2D eigenvalue weighted by molar-refractivity contribution is 9.10. The van der Waals surface area contributed by atoms with E-state index in [2.05, 4.69) is 31.4 Å². The number of sulfonamides is 1. The van der Waals surface area contributed by atoms with Crippen molar-refractivity contribution >= 4 is 59.1 Å². The highest BCUT2D eigenvalue weighted by Gasteiger charge is 2.39. The lowest BCUT2D eigenvalue weighted by molar-refractivity contribution is -0.119. The number of carbonyl (C=O) groups excluding carboxylic acids is 1. The molecule has 2 heterocycles. The second-order valence-corrected chi connectivity index (χ2v) is 11.5. The summed E-state index contributed by atoms with van der Waals surface area (Å²) in [5.74, 6) is -0.395. The van der Waals surface area contributed by atoms with Gasteiger partial charge in [0.25, 0.3) is 0 Å². The molecule has 1 fully saturated rings. The Kier molecular flexibility index (Phi) is 6.00. The van der Waals surface area contributed by atoms with Gasteiger partial charge in [-0.15, -0.1) is 10.2 Å². The summed E-state index contributed by atoms with van der Waals surface area (Å²) in [6.07, 6.45) is 1.07. The van der Waals surface area contributed by atoms with Gasteiger partial charge < -0.3 is 0 Å². The predicted octanol–water partition coefficient (Wildman–Crippen LogP) is 4.91. The molecule has 0 saturated carbocycles. The topological polar surface area (TPSA) is 92.3 Å². The second-order valence-electron chi connectivity index (χ2n) is 7.69. The first kappa shape index (κ1) is 22.1. The first-order valence-corrected chi connectivity index (χ1v) is 13.4. The largest absolute Gasteiger partial charge is 0.299 e. The monoisotopic (exact) mass is 542 g/mol. The van der Waals surface area contributed by atoms with E-state index < -0.39 is 22.0 Å². The number of nitrogens with one attached hydrogen (secondary N) is 1. The van der Waals surface area contributed by atoms with Gasteiger partial charge in [0, 0.05) is 16.6 Å². The third-order valence-corrected chi connectivity index (χ3v) is 8.85. The number of aromatic nitrogens is 2. The fourth-order valence-corrected chi connectivity index (χ4v) is 6.79. The number of anilines is 1. The second kappa shape index (κ2) is 8.94. The van der Waals surface area contributed by atoms with Crippen molar-refractivity contribution in [2.75, 3.05) is 11.9 Å². The quantitative estimate of drug-likeness (QED) is 0.386. The van der Waals surface area contributed by atoms with Gasteiger partial charge in [-0.05, 0) is 47.9 Å². The Bertz CT molecular complexity index is 1450. The van der Waals surface area contributed by atoms with Crippen LogP contribution in [0.15, 0.2) is 76.1 Å². The Labute approximate surface area is 203 Å². The van der Waals surface area contributed by atoms with E-state index >= 15 is 0 Å². The van der Waals surface area contributed by atoms with Crippen LogP contribution in [0.25, 0.3) is 21.3 Å². The Morgan fingerprint density at radius 2 is 1.85 bits per heavy atom. The number of halogens is 1. The van der Waals surface area contributed by atoms with Gasteiger partial charge in [-0.1, -0.05) is 69.7 Å².